The molecule has 61 heavy (non-hydrogen) atoms. The van der Waals surface area contributed by atoms with Crippen LogP contribution in [0.4, 0.5) is 32.2 Å². The van der Waals surface area contributed by atoms with Crippen molar-refractivity contribution in [2.24, 2.45) is 0 Å². The highest BCUT2D eigenvalue weighted by molar-refractivity contribution is 5.99. The van der Waals surface area contributed by atoms with E-state index in [1.165, 1.54) is 4.90 Å². The lowest BCUT2D eigenvalue weighted by atomic mass is 9.97. The van der Waals surface area contributed by atoms with E-state index in [4.69, 9.17) is 23.9 Å². The number of anilines is 4. The Balaban J connectivity index is 1.27. The zero-order valence-corrected chi connectivity index (χ0v) is 35.2. The summed E-state index contributed by atoms with van der Waals surface area (Å²) in [4.78, 5) is 45.6. The molecule has 3 aromatic heterocycles. The molecule has 2 amide bonds. The van der Waals surface area contributed by atoms with Gasteiger partial charge in [-0.3, -0.25) is 14.4 Å². The van der Waals surface area contributed by atoms with Crippen molar-refractivity contribution >= 4 is 45.9 Å². The first-order valence-corrected chi connectivity index (χ1v) is 20.0. The summed E-state index contributed by atoms with van der Waals surface area (Å²) in [5.41, 5.74) is 3.98. The minimum Gasteiger partial charge on any atom is -0.497 e. The van der Waals surface area contributed by atoms with Gasteiger partial charge in [0.1, 0.15) is 35.4 Å². The van der Waals surface area contributed by atoms with E-state index in [1.807, 2.05) is 60.4 Å². The average Bonchev–Trinajstić information content (AvgIpc) is 3.85. The second-order valence-electron chi connectivity index (χ2n) is 16.1. The SMILES string of the molecule is COc1ccc(CN(Cc2ccc(OC)cc2)c2c(F)c(-c3cnc4c(c3C)N(C(=O)OC(C)(C)C)CCO4)cc3nc(Nc4cnn(C5CCN(C)C5=O)c4)ncc23)cc1. The Morgan fingerprint density at radius 1 is 0.951 bits per heavy atom. The molecule has 2 aliphatic heterocycles. The van der Waals surface area contributed by atoms with Gasteiger partial charge in [0.2, 0.25) is 17.7 Å². The third-order valence-corrected chi connectivity index (χ3v) is 10.8. The fourth-order valence-corrected chi connectivity index (χ4v) is 7.68. The van der Waals surface area contributed by atoms with Crippen molar-refractivity contribution in [2.75, 3.05) is 56.1 Å². The summed E-state index contributed by atoms with van der Waals surface area (Å²) in [7, 11) is 5.00. The molecule has 8 rings (SSSR count). The van der Waals surface area contributed by atoms with E-state index in [-0.39, 0.29) is 42.1 Å². The number of carbonyl (C=O) groups is 2. The van der Waals surface area contributed by atoms with Crippen LogP contribution >= 0.6 is 0 Å². The Kier molecular flexibility index (Phi) is 11.1. The number of likely N-dealkylation sites (tertiary alicyclic amines) is 1. The van der Waals surface area contributed by atoms with Crippen LogP contribution in [-0.2, 0) is 22.6 Å². The Morgan fingerprint density at radius 3 is 2.23 bits per heavy atom. The van der Waals surface area contributed by atoms with Crippen molar-refractivity contribution in [1.82, 2.24) is 29.6 Å². The van der Waals surface area contributed by atoms with Crippen molar-refractivity contribution in [3.05, 3.63) is 102 Å². The van der Waals surface area contributed by atoms with Crippen LogP contribution in [0.1, 0.15) is 49.9 Å². The third-order valence-electron chi connectivity index (χ3n) is 10.8. The van der Waals surface area contributed by atoms with E-state index in [0.29, 0.717) is 71.0 Å². The number of nitrogens with one attached hydrogen (secondary N) is 1. The van der Waals surface area contributed by atoms with Crippen LogP contribution in [0.25, 0.3) is 22.0 Å². The van der Waals surface area contributed by atoms with Crippen LogP contribution in [0, 0.1) is 12.7 Å². The van der Waals surface area contributed by atoms with Crippen molar-refractivity contribution < 1.29 is 32.9 Å². The van der Waals surface area contributed by atoms with Crippen molar-refractivity contribution in [1.29, 1.82) is 0 Å². The summed E-state index contributed by atoms with van der Waals surface area (Å²) in [6.07, 6.45) is 6.64. The smallest absolute Gasteiger partial charge is 0.415 e. The van der Waals surface area contributed by atoms with E-state index in [9.17, 15) is 9.59 Å². The molecule has 1 fully saturated rings. The first kappa shape index (κ1) is 40.8. The maximum Gasteiger partial charge on any atom is 0.415 e. The molecule has 1 N–H and O–H groups in total. The minimum absolute atomic E-state index is 0.000244. The fraction of sp³-hybridized carbons (Fsp3) is 0.333. The Bertz CT molecular complexity index is 2540. The fourth-order valence-electron chi connectivity index (χ4n) is 7.68. The highest BCUT2D eigenvalue weighted by Crippen LogP contribution is 2.44. The lowest BCUT2D eigenvalue weighted by Gasteiger charge is -2.33. The summed E-state index contributed by atoms with van der Waals surface area (Å²) < 4.78 is 42.2. The molecule has 0 saturated carbocycles. The second-order valence-corrected chi connectivity index (χ2v) is 16.1. The molecule has 15 nitrogen and oxygen atoms in total. The molecule has 0 bridgehead atoms. The van der Waals surface area contributed by atoms with Crippen LogP contribution in [0.2, 0.25) is 0 Å². The summed E-state index contributed by atoms with van der Waals surface area (Å²) in [5.74, 6) is 1.36. The zero-order valence-electron chi connectivity index (χ0n) is 35.2. The van der Waals surface area contributed by atoms with Gasteiger partial charge in [-0.05, 0) is 81.1 Å². The molecular weight excluding hydrogens is 782 g/mol. The number of nitrogens with zero attached hydrogens (tertiary/aromatic N) is 8. The number of aromatic nitrogens is 5. The molecule has 1 unspecified atom stereocenters. The Morgan fingerprint density at radius 2 is 1.62 bits per heavy atom. The second kappa shape index (κ2) is 16.6. The van der Waals surface area contributed by atoms with Gasteiger partial charge in [0.15, 0.2) is 5.82 Å². The highest BCUT2D eigenvalue weighted by atomic mass is 19.1. The number of carbonyl (C=O) groups excluding carboxylic acids is 2. The number of amides is 2. The van der Waals surface area contributed by atoms with Crippen LogP contribution in [0.3, 0.4) is 0 Å². The van der Waals surface area contributed by atoms with Crippen molar-refractivity contribution in [2.45, 2.75) is 58.8 Å². The van der Waals surface area contributed by atoms with Crippen molar-refractivity contribution in [3.8, 4) is 28.5 Å². The molecule has 6 aromatic rings. The highest BCUT2D eigenvalue weighted by Gasteiger charge is 2.34. The molecule has 0 spiro atoms. The van der Waals surface area contributed by atoms with Gasteiger partial charge in [-0.2, -0.15) is 5.10 Å². The van der Waals surface area contributed by atoms with Gasteiger partial charge < -0.3 is 34.1 Å². The number of fused-ring (bicyclic) bond motifs is 2. The summed E-state index contributed by atoms with van der Waals surface area (Å²) >= 11 is 0. The largest absolute Gasteiger partial charge is 0.497 e. The number of methoxy groups -OCH3 is 2. The number of pyridine rings is 1. The summed E-state index contributed by atoms with van der Waals surface area (Å²) in [5, 5.41) is 8.15. The molecular formula is C45H48FN9O6. The van der Waals surface area contributed by atoms with E-state index in [1.54, 1.807) is 82.5 Å². The molecule has 1 saturated heterocycles. The number of halogens is 1. The molecule has 1 atom stereocenters. The van der Waals surface area contributed by atoms with Gasteiger partial charge in [0.05, 0.1) is 43.9 Å². The monoisotopic (exact) mass is 829 g/mol. The van der Waals surface area contributed by atoms with E-state index >= 15 is 4.39 Å². The van der Waals surface area contributed by atoms with Gasteiger partial charge in [-0.25, -0.2) is 24.1 Å². The lowest BCUT2D eigenvalue weighted by Crippen LogP contribution is -2.42. The topological polar surface area (TPSA) is 149 Å². The van der Waals surface area contributed by atoms with Gasteiger partial charge in [-0.1, -0.05) is 24.3 Å². The number of hydrogen-bond donors (Lipinski definition) is 1. The van der Waals surface area contributed by atoms with E-state index < -0.39 is 23.6 Å². The minimum atomic E-state index is -0.750. The lowest BCUT2D eigenvalue weighted by molar-refractivity contribution is -0.129. The molecule has 16 heteroatoms. The van der Waals surface area contributed by atoms with E-state index in [0.717, 1.165) is 11.1 Å². The quantitative estimate of drug-likeness (QED) is 0.136. The molecule has 316 valence electrons. The third kappa shape index (κ3) is 8.42. The molecule has 0 radical (unpaired) electrons. The number of rotatable bonds is 11. The standard InChI is InChI=1S/C45H48FN9O6/c1-27-34(22-47-41-39(27)54(18-19-60-41)44(57)61-45(2,3)4)33-20-36-35(23-48-43(51-36)50-30-21-49-55(26-30)37-16-17-52(5)42(37)56)40(38(33)46)53(24-28-8-12-31(58-6)13-9-28)25-29-10-14-32(59-7)15-11-29/h8-15,20-23,26,37H,16-19,24-25H2,1-7H3,(H,48,50,51). The van der Waals surface area contributed by atoms with Crippen LogP contribution in [0.15, 0.2) is 79.4 Å². The van der Waals surface area contributed by atoms with Gasteiger partial charge in [0.25, 0.3) is 0 Å². The number of ether oxygens (including phenoxy) is 4. The predicted molar refractivity (Wildman–Crippen MR) is 229 cm³/mol. The van der Waals surface area contributed by atoms with Crippen LogP contribution < -0.4 is 29.3 Å². The number of likely N-dealkylation sites (N-methyl/N-ethyl adjacent to an activating group) is 1. The summed E-state index contributed by atoms with van der Waals surface area (Å²) in [6.45, 7) is 8.93. The number of hydrogen-bond acceptors (Lipinski definition) is 12. The van der Waals surface area contributed by atoms with Crippen molar-refractivity contribution in [3.63, 3.8) is 0 Å². The molecule has 2 aliphatic rings. The zero-order chi connectivity index (χ0) is 43.0. The van der Waals surface area contributed by atoms with Crippen LogP contribution in [0.5, 0.6) is 17.4 Å². The first-order valence-electron chi connectivity index (χ1n) is 20.0. The number of benzene rings is 3. The van der Waals surface area contributed by atoms with Gasteiger partial charge >= 0.3 is 6.09 Å². The Labute approximate surface area is 353 Å². The van der Waals surface area contributed by atoms with E-state index in [2.05, 4.69) is 20.4 Å². The summed E-state index contributed by atoms with van der Waals surface area (Å²) in [6, 6.07) is 16.6. The van der Waals surface area contributed by atoms with Gasteiger partial charge in [0, 0.05) is 61.8 Å². The van der Waals surface area contributed by atoms with Crippen LogP contribution in [-0.4, -0.2) is 88.2 Å². The average molecular weight is 830 g/mol. The van der Waals surface area contributed by atoms with Gasteiger partial charge in [-0.15, -0.1) is 0 Å². The molecule has 0 aliphatic carbocycles. The predicted octanol–water partition coefficient (Wildman–Crippen LogP) is 7.84. The maximum absolute atomic E-state index is 18.0. The molecule has 5 heterocycles. The first-order chi connectivity index (χ1) is 29.3. The Hall–Kier alpha value is -6.97. The molecule has 3 aromatic carbocycles. The maximum atomic E-state index is 18.0. The normalized spacial score (nSPS) is 15.1.